The van der Waals surface area contributed by atoms with Gasteiger partial charge >= 0.3 is 0 Å². The van der Waals surface area contributed by atoms with Gasteiger partial charge in [-0.1, -0.05) is 194 Å². The highest BCUT2D eigenvalue weighted by molar-refractivity contribution is 7.02. The fourth-order valence-electron chi connectivity index (χ4n) is 15.3. The SMILES string of the molecule is [2H]C([2H])([2H])c1cc2c3c(c1)N(c1cccc4c1oc1ccccc14)c1ccccc1B3c1cc3c(cc1O2)N(c1c(-c2ccccc2)cccc1-c1ccccc1)c1cc(C([2H])([2H])[2H])cc2c1B3c1ccc(-n3c4ccccc4c4ccccc43)cc1N2c1ccccc1. The van der Waals surface area contributed by atoms with Crippen molar-refractivity contribution in [1.82, 2.24) is 4.57 Å². The van der Waals surface area contributed by atoms with Crippen LogP contribution in [0.25, 0.3) is 71.7 Å². The van der Waals surface area contributed by atoms with Gasteiger partial charge < -0.3 is 28.4 Å². The number of aryl methyl sites for hydroxylation is 2. The maximum absolute atomic E-state index is 9.44. The predicted molar refractivity (Wildman–Crippen MR) is 368 cm³/mol. The second kappa shape index (κ2) is 18.6. The average molecular weight is 1130 g/mol. The molecule has 0 radical (unpaired) electrons. The summed E-state index contributed by atoms with van der Waals surface area (Å²) in [5.41, 5.74) is 21.6. The second-order valence-electron chi connectivity index (χ2n) is 23.5. The smallest absolute Gasteiger partial charge is 0.256 e. The fourth-order valence-corrected chi connectivity index (χ4v) is 15.3. The number of fused-ring (bicyclic) bond motifs is 14. The zero-order valence-corrected chi connectivity index (χ0v) is 47.3. The minimum atomic E-state index is -2.55. The molecule has 19 rings (SSSR count). The molecule has 13 aromatic carbocycles. The average Bonchev–Trinajstić information content (AvgIpc) is 0.820. The molecule has 6 heterocycles. The van der Waals surface area contributed by atoms with Gasteiger partial charge in [0.05, 0.1) is 22.4 Å². The van der Waals surface area contributed by atoms with Crippen molar-refractivity contribution < 1.29 is 17.4 Å². The highest BCUT2D eigenvalue weighted by Crippen LogP contribution is 2.52. The minimum absolute atomic E-state index is 0.134. The van der Waals surface area contributed by atoms with E-state index in [-0.39, 0.29) is 11.1 Å². The van der Waals surface area contributed by atoms with Crippen LogP contribution in [0.2, 0.25) is 0 Å². The largest absolute Gasteiger partial charge is 0.458 e. The Morgan fingerprint density at radius 3 is 1.62 bits per heavy atom. The molecule has 8 heteroatoms. The number of ether oxygens (including phenoxy) is 1. The Bertz CT molecular complexity index is 5580. The number of furan rings is 1. The lowest BCUT2D eigenvalue weighted by Crippen LogP contribution is -2.64. The number of anilines is 9. The predicted octanol–water partition coefficient (Wildman–Crippen LogP) is 17.1. The van der Waals surface area contributed by atoms with E-state index < -0.39 is 27.1 Å². The summed E-state index contributed by atoms with van der Waals surface area (Å²) in [6.07, 6.45) is 0. The van der Waals surface area contributed by atoms with Gasteiger partial charge in [0, 0.05) is 92.5 Å². The van der Waals surface area contributed by atoms with Crippen LogP contribution in [0.1, 0.15) is 19.4 Å². The molecule has 0 atom stereocenters. The number of para-hydroxylation sites is 7. The number of benzene rings is 13. The Morgan fingerprint density at radius 2 is 0.898 bits per heavy atom. The maximum Gasteiger partial charge on any atom is 0.256 e. The van der Waals surface area contributed by atoms with Gasteiger partial charge in [-0.2, -0.15) is 0 Å². The van der Waals surface area contributed by atoms with E-state index in [2.05, 4.69) is 207 Å². The monoisotopic (exact) mass is 1130 g/mol. The molecule has 4 aliphatic rings. The first-order chi connectivity index (χ1) is 45.9. The number of hydrogen-bond acceptors (Lipinski definition) is 5. The molecular formula is C80H52B2N4O2. The van der Waals surface area contributed by atoms with Crippen LogP contribution in [-0.4, -0.2) is 18.0 Å². The van der Waals surface area contributed by atoms with Crippen LogP contribution < -0.4 is 52.2 Å². The van der Waals surface area contributed by atoms with Crippen molar-refractivity contribution >= 4 is 141 Å². The summed E-state index contributed by atoms with van der Waals surface area (Å²) in [5, 5.41) is 4.22. The summed E-state index contributed by atoms with van der Waals surface area (Å²) >= 11 is 0. The van der Waals surface area contributed by atoms with Gasteiger partial charge in [-0.15, -0.1) is 0 Å². The summed E-state index contributed by atoms with van der Waals surface area (Å²) in [6.45, 7) is -6.03. The lowest BCUT2D eigenvalue weighted by molar-refractivity contribution is 0.487. The summed E-state index contributed by atoms with van der Waals surface area (Å²) in [7, 11) is 0. The first-order valence-corrected chi connectivity index (χ1v) is 30.0. The topological polar surface area (TPSA) is 37.0 Å². The van der Waals surface area contributed by atoms with Crippen LogP contribution in [0.4, 0.5) is 51.2 Å². The molecule has 0 unspecified atom stereocenters. The molecule has 0 fully saturated rings. The van der Waals surface area contributed by atoms with E-state index in [9.17, 15) is 4.11 Å². The van der Waals surface area contributed by atoms with Crippen LogP contribution in [0, 0.1) is 13.7 Å². The van der Waals surface area contributed by atoms with E-state index >= 15 is 0 Å². The van der Waals surface area contributed by atoms with Crippen molar-refractivity contribution in [2.75, 3.05) is 14.7 Å². The van der Waals surface area contributed by atoms with E-state index in [4.69, 9.17) is 13.3 Å². The van der Waals surface area contributed by atoms with Crippen molar-refractivity contribution in [3.8, 4) is 39.4 Å². The van der Waals surface area contributed by atoms with Gasteiger partial charge in [0.15, 0.2) is 5.58 Å². The highest BCUT2D eigenvalue weighted by atomic mass is 16.5. The molecule has 0 N–H and O–H groups in total. The Kier molecular flexibility index (Phi) is 9.20. The van der Waals surface area contributed by atoms with Gasteiger partial charge in [-0.3, -0.25) is 0 Å². The summed E-state index contributed by atoms with van der Waals surface area (Å²) in [5.74, 6) is 0.983. The van der Waals surface area contributed by atoms with Gasteiger partial charge in [0.1, 0.15) is 17.1 Å². The summed E-state index contributed by atoms with van der Waals surface area (Å²) in [6, 6.07) is 95.9. The van der Waals surface area contributed by atoms with E-state index in [1.165, 1.54) is 0 Å². The third-order valence-corrected chi connectivity index (χ3v) is 18.8. The van der Waals surface area contributed by atoms with E-state index in [0.29, 0.717) is 28.5 Å². The Labute approximate surface area is 518 Å². The number of hydrogen-bond donors (Lipinski definition) is 0. The Hall–Kier alpha value is -11.2. The van der Waals surface area contributed by atoms with Crippen LogP contribution in [0.5, 0.6) is 11.5 Å². The molecule has 0 saturated carbocycles. The van der Waals surface area contributed by atoms with E-state index in [0.717, 1.165) is 139 Å². The molecular weight excluding hydrogens is 1070 g/mol. The molecule has 4 aliphatic heterocycles. The minimum Gasteiger partial charge on any atom is -0.458 e. The Balaban J connectivity index is 0.935. The molecule has 410 valence electrons. The zero-order valence-electron chi connectivity index (χ0n) is 53.3. The molecule has 0 amide bonds. The van der Waals surface area contributed by atoms with Crippen LogP contribution in [0.15, 0.2) is 283 Å². The highest BCUT2D eigenvalue weighted by Gasteiger charge is 2.48. The quantitative estimate of drug-likeness (QED) is 0.155. The number of aromatic nitrogens is 1. The van der Waals surface area contributed by atoms with Crippen molar-refractivity contribution in [1.29, 1.82) is 0 Å². The normalized spacial score (nSPS) is 14.6. The molecule has 0 saturated heterocycles. The van der Waals surface area contributed by atoms with Gasteiger partial charge in [-0.05, 0) is 148 Å². The molecule has 2 aromatic heterocycles. The van der Waals surface area contributed by atoms with Crippen LogP contribution in [-0.2, 0) is 0 Å². The second-order valence-corrected chi connectivity index (χ2v) is 23.5. The number of rotatable bonds is 6. The van der Waals surface area contributed by atoms with E-state index in [1.54, 1.807) is 6.07 Å². The van der Waals surface area contributed by atoms with Crippen molar-refractivity contribution in [2.24, 2.45) is 0 Å². The first kappa shape index (κ1) is 43.4. The molecule has 6 nitrogen and oxygen atoms in total. The summed E-state index contributed by atoms with van der Waals surface area (Å²) < 4.78 is 72.1. The lowest BCUT2D eigenvalue weighted by atomic mass is 9.30. The first-order valence-electron chi connectivity index (χ1n) is 33.0. The third kappa shape index (κ3) is 6.97. The Morgan fingerprint density at radius 1 is 0.341 bits per heavy atom. The molecule has 0 aliphatic carbocycles. The maximum atomic E-state index is 9.44. The van der Waals surface area contributed by atoms with E-state index in [1.807, 2.05) is 84.9 Å². The fraction of sp³-hybridized carbons (Fsp3) is 0.0250. The summed E-state index contributed by atoms with van der Waals surface area (Å²) in [4.78, 5) is 6.75. The van der Waals surface area contributed by atoms with Crippen molar-refractivity contribution in [2.45, 2.75) is 13.7 Å². The molecule has 88 heavy (non-hydrogen) atoms. The van der Waals surface area contributed by atoms with Gasteiger partial charge in [0.2, 0.25) is 0 Å². The van der Waals surface area contributed by atoms with Crippen molar-refractivity contribution in [3.63, 3.8) is 0 Å². The van der Waals surface area contributed by atoms with Gasteiger partial charge in [0.25, 0.3) is 13.4 Å². The standard InChI is InChI=1S/C80H52B2N4O2/c1-49-42-71-77-72(43-49)86(79-55(51-22-6-3-7-23-51)31-20-32-56(79)52-24-8-4-9-25-52)70-48-75-64(82-61-34-15-18-37-67(61)85(73-44-50(2)45-76(87-75)78(73)82)68-38-21-33-60-59-30-14-19-39-74(59)88-80(60)68)47-63(70)81(77)62-41-40-54(46-69(62)83(71)53-26-10-5-11-27-53)84-65-35-16-12-28-57(65)58-29-13-17-36-66(58)84/h3-48H,1-2H3/i1D3,2D3. The third-order valence-electron chi connectivity index (χ3n) is 18.8. The number of nitrogens with zero attached hydrogens (tertiary/aromatic N) is 4. The molecule has 0 spiro atoms. The lowest BCUT2D eigenvalue weighted by Gasteiger charge is -2.46. The van der Waals surface area contributed by atoms with Crippen molar-refractivity contribution in [3.05, 3.63) is 290 Å². The molecule has 0 bridgehead atoms. The molecule has 15 aromatic rings. The van der Waals surface area contributed by atoms with Crippen LogP contribution in [0.3, 0.4) is 0 Å². The van der Waals surface area contributed by atoms with Crippen LogP contribution >= 0.6 is 0 Å². The van der Waals surface area contributed by atoms with Gasteiger partial charge in [-0.25, -0.2) is 0 Å². The zero-order chi connectivity index (χ0) is 62.9.